The molecular formula is C12H9BrCl2N2O. The molecule has 0 bridgehead atoms. The van der Waals surface area contributed by atoms with E-state index in [2.05, 4.69) is 20.9 Å². The fourth-order valence-electron chi connectivity index (χ4n) is 1.51. The Hall–Kier alpha value is -0.840. The first-order valence-corrected chi connectivity index (χ1v) is 6.70. The minimum atomic E-state index is -0.140. The van der Waals surface area contributed by atoms with Crippen LogP contribution in [0.25, 0.3) is 0 Å². The number of halogens is 3. The lowest BCUT2D eigenvalue weighted by molar-refractivity contribution is 0.724. The van der Waals surface area contributed by atoms with Gasteiger partial charge in [0.25, 0.3) is 5.56 Å². The topological polar surface area (TPSA) is 34.9 Å². The van der Waals surface area contributed by atoms with Crippen LogP contribution in [0, 0.1) is 6.92 Å². The Morgan fingerprint density at radius 3 is 2.83 bits per heavy atom. The molecule has 0 spiro atoms. The summed E-state index contributed by atoms with van der Waals surface area (Å²) in [5, 5.41) is 0.934. The number of rotatable bonds is 2. The highest BCUT2D eigenvalue weighted by atomic mass is 79.9. The summed E-state index contributed by atoms with van der Waals surface area (Å²) in [5.41, 5.74) is 1.30. The first-order chi connectivity index (χ1) is 8.50. The molecule has 6 heteroatoms. The van der Waals surface area contributed by atoms with Crippen LogP contribution in [0.5, 0.6) is 0 Å². The van der Waals surface area contributed by atoms with Gasteiger partial charge in [-0.1, -0.05) is 35.3 Å². The molecule has 0 fully saturated rings. The molecule has 0 amide bonds. The van der Waals surface area contributed by atoms with Crippen LogP contribution in [0.15, 0.2) is 33.8 Å². The number of aromatic nitrogens is 2. The molecule has 0 saturated carbocycles. The lowest BCUT2D eigenvalue weighted by Crippen LogP contribution is -2.22. The zero-order valence-electron chi connectivity index (χ0n) is 9.45. The number of benzene rings is 1. The van der Waals surface area contributed by atoms with E-state index in [1.807, 2.05) is 6.07 Å². The van der Waals surface area contributed by atoms with Crippen molar-refractivity contribution in [2.24, 2.45) is 0 Å². The normalized spacial score (nSPS) is 10.7. The minimum absolute atomic E-state index is 0.140. The van der Waals surface area contributed by atoms with Gasteiger partial charge in [-0.05, 0) is 34.5 Å². The van der Waals surface area contributed by atoms with Gasteiger partial charge in [-0.25, -0.2) is 4.98 Å². The van der Waals surface area contributed by atoms with Crippen LogP contribution < -0.4 is 5.56 Å². The van der Waals surface area contributed by atoms with E-state index in [-0.39, 0.29) is 5.56 Å². The molecule has 0 aliphatic heterocycles. The summed E-state index contributed by atoms with van der Waals surface area (Å²) in [5.74, 6) is 0. The molecule has 1 aromatic carbocycles. The van der Waals surface area contributed by atoms with E-state index in [0.717, 1.165) is 5.56 Å². The molecule has 94 valence electrons. The Morgan fingerprint density at radius 1 is 1.39 bits per heavy atom. The van der Waals surface area contributed by atoms with Crippen LogP contribution in [0.3, 0.4) is 0 Å². The van der Waals surface area contributed by atoms with Gasteiger partial charge in [0.2, 0.25) is 0 Å². The highest BCUT2D eigenvalue weighted by Gasteiger charge is 2.09. The summed E-state index contributed by atoms with van der Waals surface area (Å²) in [7, 11) is 0. The lowest BCUT2D eigenvalue weighted by Gasteiger charge is -2.09. The number of hydrogen-bond donors (Lipinski definition) is 0. The summed E-state index contributed by atoms with van der Waals surface area (Å²) < 4.78 is 1.94. The van der Waals surface area contributed by atoms with Crippen molar-refractivity contribution in [2.75, 3.05) is 0 Å². The van der Waals surface area contributed by atoms with Crippen LogP contribution in [0.4, 0.5) is 0 Å². The van der Waals surface area contributed by atoms with Crippen LogP contribution in [-0.2, 0) is 6.54 Å². The predicted molar refractivity (Wildman–Crippen MR) is 76.5 cm³/mol. The van der Waals surface area contributed by atoms with Gasteiger partial charge in [-0.3, -0.25) is 9.36 Å². The highest BCUT2D eigenvalue weighted by molar-refractivity contribution is 9.10. The lowest BCUT2D eigenvalue weighted by atomic mass is 10.2. The van der Waals surface area contributed by atoms with Crippen LogP contribution >= 0.6 is 39.1 Å². The van der Waals surface area contributed by atoms with Gasteiger partial charge in [-0.15, -0.1) is 0 Å². The largest absolute Gasteiger partial charge is 0.294 e. The SMILES string of the molecule is Cc1ncn(Cc2cccc(Cl)c2Cl)c(=O)c1Br. The fourth-order valence-corrected chi connectivity index (χ4v) is 2.22. The van der Waals surface area contributed by atoms with Gasteiger partial charge in [0, 0.05) is 0 Å². The molecule has 1 aromatic heterocycles. The van der Waals surface area contributed by atoms with Gasteiger partial charge >= 0.3 is 0 Å². The molecule has 0 aliphatic carbocycles. The highest BCUT2D eigenvalue weighted by Crippen LogP contribution is 2.25. The average molecular weight is 348 g/mol. The third-order valence-corrected chi connectivity index (χ3v) is 4.30. The van der Waals surface area contributed by atoms with Crippen molar-refractivity contribution in [1.29, 1.82) is 0 Å². The van der Waals surface area contributed by atoms with Crippen molar-refractivity contribution >= 4 is 39.1 Å². The molecule has 2 rings (SSSR count). The molecular weight excluding hydrogens is 339 g/mol. The first kappa shape index (κ1) is 13.6. The summed E-state index contributed by atoms with van der Waals surface area (Å²) in [6, 6.07) is 5.33. The zero-order valence-corrected chi connectivity index (χ0v) is 12.6. The van der Waals surface area contributed by atoms with Gasteiger partial charge in [-0.2, -0.15) is 0 Å². The molecule has 1 heterocycles. The first-order valence-electron chi connectivity index (χ1n) is 5.15. The molecule has 0 radical (unpaired) electrons. The summed E-state index contributed by atoms with van der Waals surface area (Å²) >= 11 is 15.2. The van der Waals surface area contributed by atoms with E-state index < -0.39 is 0 Å². The second-order valence-corrected chi connectivity index (χ2v) is 5.37. The maximum atomic E-state index is 12.0. The van der Waals surface area contributed by atoms with Gasteiger partial charge < -0.3 is 0 Å². The Bertz CT molecular complexity index is 655. The van der Waals surface area contributed by atoms with Gasteiger partial charge in [0.15, 0.2) is 0 Å². The maximum absolute atomic E-state index is 12.0. The van der Waals surface area contributed by atoms with Crippen molar-refractivity contribution in [3.8, 4) is 0 Å². The van der Waals surface area contributed by atoms with E-state index >= 15 is 0 Å². The number of aryl methyl sites for hydroxylation is 1. The quantitative estimate of drug-likeness (QED) is 0.830. The van der Waals surface area contributed by atoms with E-state index in [1.54, 1.807) is 19.1 Å². The van der Waals surface area contributed by atoms with Crippen molar-refractivity contribution in [3.05, 3.63) is 60.7 Å². The summed E-state index contributed by atoms with van der Waals surface area (Å²) in [6.07, 6.45) is 1.50. The number of hydrogen-bond acceptors (Lipinski definition) is 2. The van der Waals surface area contributed by atoms with Crippen LogP contribution in [0.1, 0.15) is 11.3 Å². The van der Waals surface area contributed by atoms with Crippen molar-refractivity contribution in [1.82, 2.24) is 9.55 Å². The van der Waals surface area contributed by atoms with E-state index in [4.69, 9.17) is 23.2 Å². The predicted octanol–water partition coefficient (Wildman–Crippen LogP) is 3.67. The average Bonchev–Trinajstić information content (AvgIpc) is 2.35. The molecule has 18 heavy (non-hydrogen) atoms. The van der Waals surface area contributed by atoms with Gasteiger partial charge in [0.1, 0.15) is 4.47 Å². The van der Waals surface area contributed by atoms with Crippen molar-refractivity contribution in [3.63, 3.8) is 0 Å². The van der Waals surface area contributed by atoms with E-state index in [1.165, 1.54) is 10.9 Å². The minimum Gasteiger partial charge on any atom is -0.294 e. The summed E-state index contributed by atoms with van der Waals surface area (Å²) in [4.78, 5) is 16.1. The molecule has 0 unspecified atom stereocenters. The molecule has 0 N–H and O–H groups in total. The standard InChI is InChI=1S/C12H9BrCl2N2O/c1-7-10(13)12(18)17(6-16-7)5-8-3-2-4-9(14)11(8)15/h2-4,6H,5H2,1H3. The molecule has 0 atom stereocenters. The molecule has 3 nitrogen and oxygen atoms in total. The van der Waals surface area contributed by atoms with E-state index in [0.29, 0.717) is 26.8 Å². The molecule has 0 aliphatic rings. The maximum Gasteiger partial charge on any atom is 0.268 e. The fraction of sp³-hybridized carbons (Fsp3) is 0.167. The Kier molecular flexibility index (Phi) is 4.10. The Balaban J connectivity index is 2.44. The zero-order chi connectivity index (χ0) is 13.3. The Labute approximate surface area is 123 Å². The van der Waals surface area contributed by atoms with Crippen molar-refractivity contribution in [2.45, 2.75) is 13.5 Å². The van der Waals surface area contributed by atoms with Crippen LogP contribution in [-0.4, -0.2) is 9.55 Å². The summed E-state index contributed by atoms with van der Waals surface area (Å²) in [6.45, 7) is 2.10. The third kappa shape index (κ3) is 2.60. The smallest absolute Gasteiger partial charge is 0.268 e. The monoisotopic (exact) mass is 346 g/mol. The van der Waals surface area contributed by atoms with Gasteiger partial charge in [0.05, 0.1) is 28.6 Å². The molecule has 2 aromatic rings. The number of nitrogens with zero attached hydrogens (tertiary/aromatic N) is 2. The van der Waals surface area contributed by atoms with Crippen LogP contribution in [0.2, 0.25) is 10.0 Å². The second kappa shape index (κ2) is 5.43. The second-order valence-electron chi connectivity index (χ2n) is 3.79. The Morgan fingerprint density at radius 2 is 2.11 bits per heavy atom. The third-order valence-electron chi connectivity index (χ3n) is 2.53. The van der Waals surface area contributed by atoms with E-state index in [9.17, 15) is 4.79 Å². The molecule has 0 saturated heterocycles. The van der Waals surface area contributed by atoms with Crippen molar-refractivity contribution < 1.29 is 0 Å².